The molecule has 100 valence electrons. The Bertz CT molecular complexity index is 775. The Morgan fingerprint density at radius 1 is 1.10 bits per heavy atom. The largest absolute Gasteiger partial charge is 0.481 e. The quantitative estimate of drug-likeness (QED) is 0.761. The summed E-state index contributed by atoms with van der Waals surface area (Å²) < 4.78 is 0. The molecule has 3 rings (SSSR count). The molecule has 0 saturated heterocycles. The third-order valence-electron chi connectivity index (χ3n) is 3.27. The number of halogens is 1. The van der Waals surface area contributed by atoms with Gasteiger partial charge in [0.15, 0.2) is 0 Å². The zero-order chi connectivity index (χ0) is 14.1. The molecule has 0 atom stereocenters. The van der Waals surface area contributed by atoms with E-state index < -0.39 is 5.97 Å². The van der Waals surface area contributed by atoms with Crippen LogP contribution in [0.1, 0.15) is 5.56 Å². The summed E-state index contributed by atoms with van der Waals surface area (Å²) in [6.07, 6.45) is -0.0119. The zero-order valence-corrected chi connectivity index (χ0v) is 11.3. The molecule has 2 aromatic carbocycles. The van der Waals surface area contributed by atoms with E-state index in [-0.39, 0.29) is 6.42 Å². The SMILES string of the molecule is O=C(O)Cc1c(-c2ccc(Cl)cc2)[nH]c2ccccc12. The highest BCUT2D eigenvalue weighted by Crippen LogP contribution is 2.31. The number of hydrogen-bond acceptors (Lipinski definition) is 1. The van der Waals surface area contributed by atoms with Gasteiger partial charge in [-0.15, -0.1) is 0 Å². The number of carbonyl (C=O) groups is 1. The van der Waals surface area contributed by atoms with Gasteiger partial charge in [-0.05, 0) is 29.3 Å². The first-order chi connectivity index (χ1) is 9.65. The van der Waals surface area contributed by atoms with Gasteiger partial charge in [0.05, 0.1) is 12.1 Å². The summed E-state index contributed by atoms with van der Waals surface area (Å²) >= 11 is 5.90. The number of rotatable bonds is 3. The molecule has 2 N–H and O–H groups in total. The summed E-state index contributed by atoms with van der Waals surface area (Å²) in [5, 5.41) is 10.7. The molecule has 0 unspecified atom stereocenters. The first-order valence-corrected chi connectivity index (χ1v) is 6.60. The predicted octanol–water partition coefficient (Wildman–Crippen LogP) is 4.12. The van der Waals surface area contributed by atoms with Gasteiger partial charge in [-0.2, -0.15) is 0 Å². The van der Waals surface area contributed by atoms with Gasteiger partial charge in [0, 0.05) is 15.9 Å². The molecule has 3 nitrogen and oxygen atoms in total. The van der Waals surface area contributed by atoms with E-state index in [4.69, 9.17) is 16.7 Å². The van der Waals surface area contributed by atoms with Crippen LogP contribution in [0.15, 0.2) is 48.5 Å². The van der Waals surface area contributed by atoms with Crippen molar-refractivity contribution in [2.75, 3.05) is 0 Å². The lowest BCUT2D eigenvalue weighted by atomic mass is 10.0. The lowest BCUT2D eigenvalue weighted by Crippen LogP contribution is -2.00. The number of carboxylic acids is 1. The van der Waals surface area contributed by atoms with Crippen molar-refractivity contribution >= 4 is 28.5 Å². The fourth-order valence-corrected chi connectivity index (χ4v) is 2.52. The molecule has 0 amide bonds. The normalized spacial score (nSPS) is 10.8. The summed E-state index contributed by atoms with van der Waals surface area (Å²) in [5.41, 5.74) is 3.51. The minimum Gasteiger partial charge on any atom is -0.481 e. The van der Waals surface area contributed by atoms with Gasteiger partial charge < -0.3 is 10.1 Å². The third-order valence-corrected chi connectivity index (χ3v) is 3.53. The van der Waals surface area contributed by atoms with Crippen molar-refractivity contribution in [2.45, 2.75) is 6.42 Å². The van der Waals surface area contributed by atoms with E-state index in [0.29, 0.717) is 5.02 Å². The van der Waals surface area contributed by atoms with Crippen molar-refractivity contribution in [3.8, 4) is 11.3 Å². The van der Waals surface area contributed by atoms with Gasteiger partial charge in [-0.3, -0.25) is 4.79 Å². The molecule has 3 aromatic rings. The number of nitrogens with one attached hydrogen (secondary N) is 1. The minimum absolute atomic E-state index is 0.0119. The molecule has 20 heavy (non-hydrogen) atoms. The van der Waals surface area contributed by atoms with Gasteiger partial charge in [-0.1, -0.05) is 41.9 Å². The first-order valence-electron chi connectivity index (χ1n) is 6.22. The second-order valence-corrected chi connectivity index (χ2v) is 5.04. The molecule has 0 spiro atoms. The van der Waals surface area contributed by atoms with Crippen molar-refractivity contribution in [3.05, 3.63) is 59.1 Å². The maximum atomic E-state index is 11.1. The molecule has 1 aromatic heterocycles. The molecular weight excluding hydrogens is 274 g/mol. The summed E-state index contributed by atoms with van der Waals surface area (Å²) in [7, 11) is 0. The molecule has 1 heterocycles. The van der Waals surface area contributed by atoms with E-state index in [1.807, 2.05) is 36.4 Å². The predicted molar refractivity (Wildman–Crippen MR) is 80.1 cm³/mol. The molecule has 0 bridgehead atoms. The molecule has 0 saturated carbocycles. The number of carboxylic acid groups (broad SMARTS) is 1. The Balaban J connectivity index is 2.23. The van der Waals surface area contributed by atoms with Gasteiger partial charge >= 0.3 is 5.97 Å². The lowest BCUT2D eigenvalue weighted by Gasteiger charge is -2.03. The standard InChI is InChI=1S/C16H12ClNO2/c17-11-7-5-10(6-8-11)16-13(9-15(19)20)12-3-1-2-4-14(12)18-16/h1-8,18H,9H2,(H,19,20). The van der Waals surface area contributed by atoms with E-state index in [0.717, 1.165) is 27.7 Å². The highest BCUT2D eigenvalue weighted by atomic mass is 35.5. The van der Waals surface area contributed by atoms with Gasteiger partial charge in [-0.25, -0.2) is 0 Å². The molecule has 0 fully saturated rings. The van der Waals surface area contributed by atoms with Crippen molar-refractivity contribution in [1.29, 1.82) is 0 Å². The fourth-order valence-electron chi connectivity index (χ4n) is 2.40. The molecule has 0 aliphatic heterocycles. The van der Waals surface area contributed by atoms with Crippen LogP contribution in [0.4, 0.5) is 0 Å². The van der Waals surface area contributed by atoms with E-state index in [1.165, 1.54) is 0 Å². The number of H-pyrrole nitrogens is 1. The Kier molecular flexibility index (Phi) is 3.20. The van der Waals surface area contributed by atoms with Crippen LogP contribution in [-0.2, 0) is 11.2 Å². The maximum absolute atomic E-state index is 11.1. The van der Waals surface area contributed by atoms with Crippen LogP contribution in [0.25, 0.3) is 22.2 Å². The highest BCUT2D eigenvalue weighted by molar-refractivity contribution is 6.30. The summed E-state index contributed by atoms with van der Waals surface area (Å²) in [5.74, 6) is -0.843. The van der Waals surface area contributed by atoms with E-state index in [1.54, 1.807) is 12.1 Å². The molecule has 0 aliphatic rings. The topological polar surface area (TPSA) is 53.1 Å². The van der Waals surface area contributed by atoms with Crippen LogP contribution in [0.5, 0.6) is 0 Å². The number of benzene rings is 2. The Hall–Kier alpha value is -2.26. The second-order valence-electron chi connectivity index (χ2n) is 4.60. The summed E-state index contributed by atoms with van der Waals surface area (Å²) in [6, 6.07) is 15.1. The number of fused-ring (bicyclic) bond motifs is 1. The van der Waals surface area contributed by atoms with E-state index in [2.05, 4.69) is 4.98 Å². The number of aliphatic carboxylic acids is 1. The maximum Gasteiger partial charge on any atom is 0.307 e. The Morgan fingerprint density at radius 2 is 1.80 bits per heavy atom. The Labute approximate surface area is 120 Å². The molecular formula is C16H12ClNO2. The van der Waals surface area contributed by atoms with E-state index >= 15 is 0 Å². The molecule has 4 heteroatoms. The third kappa shape index (κ3) is 2.28. The van der Waals surface area contributed by atoms with Crippen LogP contribution >= 0.6 is 11.6 Å². The number of hydrogen-bond donors (Lipinski definition) is 2. The van der Waals surface area contributed by atoms with Crippen LogP contribution in [0.2, 0.25) is 5.02 Å². The van der Waals surface area contributed by atoms with Crippen LogP contribution in [0, 0.1) is 0 Å². The number of para-hydroxylation sites is 1. The van der Waals surface area contributed by atoms with Crippen molar-refractivity contribution in [2.24, 2.45) is 0 Å². The fraction of sp³-hybridized carbons (Fsp3) is 0.0625. The zero-order valence-electron chi connectivity index (χ0n) is 10.6. The van der Waals surface area contributed by atoms with Crippen molar-refractivity contribution in [3.63, 3.8) is 0 Å². The lowest BCUT2D eigenvalue weighted by molar-refractivity contribution is -0.136. The number of aromatic nitrogens is 1. The van der Waals surface area contributed by atoms with E-state index in [9.17, 15) is 4.79 Å². The summed E-state index contributed by atoms with van der Waals surface area (Å²) in [6.45, 7) is 0. The van der Waals surface area contributed by atoms with Crippen LogP contribution in [-0.4, -0.2) is 16.1 Å². The average molecular weight is 286 g/mol. The Morgan fingerprint density at radius 3 is 2.50 bits per heavy atom. The highest BCUT2D eigenvalue weighted by Gasteiger charge is 2.15. The minimum atomic E-state index is -0.843. The number of aromatic amines is 1. The van der Waals surface area contributed by atoms with Crippen LogP contribution in [0.3, 0.4) is 0 Å². The van der Waals surface area contributed by atoms with Gasteiger partial charge in [0.25, 0.3) is 0 Å². The van der Waals surface area contributed by atoms with Gasteiger partial charge in [0.1, 0.15) is 0 Å². The molecule has 0 aliphatic carbocycles. The van der Waals surface area contributed by atoms with Gasteiger partial charge in [0.2, 0.25) is 0 Å². The monoisotopic (exact) mass is 285 g/mol. The summed E-state index contributed by atoms with van der Waals surface area (Å²) in [4.78, 5) is 14.4. The van der Waals surface area contributed by atoms with Crippen molar-refractivity contribution < 1.29 is 9.90 Å². The van der Waals surface area contributed by atoms with Crippen molar-refractivity contribution in [1.82, 2.24) is 4.98 Å². The average Bonchev–Trinajstić information content (AvgIpc) is 2.78. The molecule has 0 radical (unpaired) electrons. The smallest absolute Gasteiger partial charge is 0.307 e. The second kappa shape index (κ2) is 5.02. The van der Waals surface area contributed by atoms with Crippen LogP contribution < -0.4 is 0 Å². The first kappa shape index (κ1) is 12.8.